The number of ketones is 1. The van der Waals surface area contributed by atoms with E-state index in [2.05, 4.69) is 0 Å². The van der Waals surface area contributed by atoms with Crippen LogP contribution in [0.1, 0.15) is 32.8 Å². The normalized spacial score (nSPS) is 10.4. The Hall–Kier alpha value is -4.19. The SMILES string of the molecule is Cc1c(C(=O)c2ccccc2[N+](=O)[O-])c(O)n(Cc2ccco2)c(=O)c1C#N. The number of benzene rings is 1. The zero-order chi connectivity index (χ0) is 20.4. The molecule has 140 valence electrons. The van der Waals surface area contributed by atoms with E-state index in [1.807, 2.05) is 0 Å². The fourth-order valence-corrected chi connectivity index (χ4v) is 2.89. The molecule has 9 heteroatoms. The summed E-state index contributed by atoms with van der Waals surface area (Å²) in [6.07, 6.45) is 1.37. The Bertz CT molecular complexity index is 1190. The highest BCUT2D eigenvalue weighted by Crippen LogP contribution is 2.29. The number of nitriles is 1. The summed E-state index contributed by atoms with van der Waals surface area (Å²) in [5, 5.41) is 31.3. The number of carbonyl (C=O) groups excluding carboxylic acids is 1. The van der Waals surface area contributed by atoms with E-state index in [9.17, 15) is 30.1 Å². The van der Waals surface area contributed by atoms with E-state index in [4.69, 9.17) is 4.42 Å². The van der Waals surface area contributed by atoms with Gasteiger partial charge in [-0.25, -0.2) is 0 Å². The van der Waals surface area contributed by atoms with Crippen LogP contribution in [-0.2, 0) is 6.54 Å². The fourth-order valence-electron chi connectivity index (χ4n) is 2.89. The number of nitro benzene ring substituents is 1. The Morgan fingerprint density at radius 3 is 2.64 bits per heavy atom. The standard InChI is InChI=1S/C19H13N3O6/c1-11-14(9-20)18(24)21(10-12-5-4-8-28-12)19(25)16(11)17(23)13-6-2-3-7-15(13)22(26)27/h2-8,25H,10H2,1H3. The van der Waals surface area contributed by atoms with E-state index in [1.54, 1.807) is 18.2 Å². The van der Waals surface area contributed by atoms with Gasteiger partial charge in [-0.3, -0.25) is 24.3 Å². The van der Waals surface area contributed by atoms with Gasteiger partial charge < -0.3 is 9.52 Å². The smallest absolute Gasteiger partial charge is 0.280 e. The molecule has 3 aromatic rings. The monoisotopic (exact) mass is 379 g/mol. The van der Waals surface area contributed by atoms with Gasteiger partial charge in [0.05, 0.1) is 23.3 Å². The molecule has 0 amide bonds. The molecule has 2 heterocycles. The highest BCUT2D eigenvalue weighted by atomic mass is 16.6. The van der Waals surface area contributed by atoms with Crippen LogP contribution in [0.4, 0.5) is 5.69 Å². The van der Waals surface area contributed by atoms with E-state index in [0.29, 0.717) is 5.76 Å². The summed E-state index contributed by atoms with van der Waals surface area (Å²) in [5.74, 6) is -1.25. The topological polar surface area (TPSA) is 139 Å². The molecule has 0 spiro atoms. The quantitative estimate of drug-likeness (QED) is 0.408. The number of para-hydroxylation sites is 1. The van der Waals surface area contributed by atoms with Crippen LogP contribution in [0.15, 0.2) is 51.9 Å². The van der Waals surface area contributed by atoms with Crippen LogP contribution in [0.5, 0.6) is 5.88 Å². The van der Waals surface area contributed by atoms with Gasteiger partial charge in [0.2, 0.25) is 11.7 Å². The molecule has 0 aliphatic carbocycles. The predicted molar refractivity (Wildman–Crippen MR) is 96.2 cm³/mol. The second-order valence-corrected chi connectivity index (χ2v) is 5.88. The molecule has 1 aromatic carbocycles. The lowest BCUT2D eigenvalue weighted by molar-refractivity contribution is -0.385. The van der Waals surface area contributed by atoms with Gasteiger partial charge in [0.25, 0.3) is 11.2 Å². The maximum Gasteiger partial charge on any atom is 0.280 e. The number of rotatable bonds is 5. The molecule has 0 saturated heterocycles. The fraction of sp³-hybridized carbons (Fsp3) is 0.105. The van der Waals surface area contributed by atoms with Crippen LogP contribution in [0, 0.1) is 28.4 Å². The largest absolute Gasteiger partial charge is 0.494 e. The van der Waals surface area contributed by atoms with Gasteiger partial charge in [-0.15, -0.1) is 0 Å². The molecule has 0 aliphatic heterocycles. The summed E-state index contributed by atoms with van der Waals surface area (Å²) in [6.45, 7) is 1.11. The molecule has 9 nitrogen and oxygen atoms in total. The number of pyridine rings is 1. The zero-order valence-electron chi connectivity index (χ0n) is 14.6. The van der Waals surface area contributed by atoms with E-state index in [0.717, 1.165) is 10.6 Å². The van der Waals surface area contributed by atoms with Crippen molar-refractivity contribution >= 4 is 11.5 Å². The van der Waals surface area contributed by atoms with Crippen molar-refractivity contribution in [3.8, 4) is 11.9 Å². The minimum atomic E-state index is -0.869. The number of hydrogen-bond donors (Lipinski definition) is 1. The molecular formula is C19H13N3O6. The number of carbonyl (C=O) groups is 1. The third kappa shape index (κ3) is 3.03. The Morgan fingerprint density at radius 1 is 1.32 bits per heavy atom. The highest BCUT2D eigenvalue weighted by molar-refractivity contribution is 6.13. The van der Waals surface area contributed by atoms with Crippen LogP contribution in [0.25, 0.3) is 0 Å². The summed E-state index contributed by atoms with van der Waals surface area (Å²) in [5.41, 5.74) is -2.26. The first-order valence-electron chi connectivity index (χ1n) is 8.03. The van der Waals surface area contributed by atoms with Crippen LogP contribution in [-0.4, -0.2) is 20.4 Å². The van der Waals surface area contributed by atoms with Crippen molar-refractivity contribution in [1.82, 2.24) is 4.57 Å². The maximum atomic E-state index is 13.0. The molecule has 2 aromatic heterocycles. The lowest BCUT2D eigenvalue weighted by atomic mass is 9.96. The maximum absolute atomic E-state index is 13.0. The van der Waals surface area contributed by atoms with E-state index < -0.39 is 27.8 Å². The first-order chi connectivity index (χ1) is 13.4. The molecule has 0 bridgehead atoms. The molecule has 0 saturated carbocycles. The molecule has 3 rings (SSSR count). The summed E-state index contributed by atoms with van der Waals surface area (Å²) in [4.78, 5) is 36.1. The summed E-state index contributed by atoms with van der Waals surface area (Å²) >= 11 is 0. The zero-order valence-corrected chi connectivity index (χ0v) is 14.6. The average Bonchev–Trinajstić information content (AvgIpc) is 3.18. The molecular weight excluding hydrogens is 366 g/mol. The van der Waals surface area contributed by atoms with E-state index in [1.165, 1.54) is 31.4 Å². The van der Waals surface area contributed by atoms with Gasteiger partial charge in [-0.05, 0) is 30.7 Å². The number of furan rings is 1. The van der Waals surface area contributed by atoms with Crippen LogP contribution in [0.2, 0.25) is 0 Å². The second kappa shape index (κ2) is 7.20. The Morgan fingerprint density at radius 2 is 2.04 bits per heavy atom. The first kappa shape index (κ1) is 18.6. The third-order valence-electron chi connectivity index (χ3n) is 4.27. The van der Waals surface area contributed by atoms with Crippen molar-refractivity contribution in [2.24, 2.45) is 0 Å². The van der Waals surface area contributed by atoms with Gasteiger partial charge in [-0.2, -0.15) is 5.26 Å². The molecule has 0 radical (unpaired) electrons. The van der Waals surface area contributed by atoms with E-state index in [-0.39, 0.29) is 28.8 Å². The predicted octanol–water partition coefficient (Wildman–Crippen LogP) is 2.51. The lowest BCUT2D eigenvalue weighted by Crippen LogP contribution is -2.27. The van der Waals surface area contributed by atoms with Crippen molar-refractivity contribution < 1.29 is 19.2 Å². The van der Waals surface area contributed by atoms with Crippen molar-refractivity contribution in [3.05, 3.63) is 91.1 Å². The van der Waals surface area contributed by atoms with Crippen molar-refractivity contribution in [2.45, 2.75) is 13.5 Å². The van der Waals surface area contributed by atoms with Crippen LogP contribution >= 0.6 is 0 Å². The molecule has 0 aliphatic rings. The number of nitro groups is 1. The van der Waals surface area contributed by atoms with Gasteiger partial charge in [0.1, 0.15) is 23.0 Å². The summed E-state index contributed by atoms with van der Waals surface area (Å²) in [7, 11) is 0. The number of hydrogen-bond acceptors (Lipinski definition) is 7. The average molecular weight is 379 g/mol. The lowest BCUT2D eigenvalue weighted by Gasteiger charge is -2.15. The third-order valence-corrected chi connectivity index (χ3v) is 4.27. The van der Waals surface area contributed by atoms with Crippen LogP contribution in [0.3, 0.4) is 0 Å². The Balaban J connectivity index is 2.27. The first-order valence-corrected chi connectivity index (χ1v) is 8.03. The van der Waals surface area contributed by atoms with Gasteiger partial charge >= 0.3 is 0 Å². The van der Waals surface area contributed by atoms with Crippen molar-refractivity contribution in [2.75, 3.05) is 0 Å². The van der Waals surface area contributed by atoms with Gasteiger partial charge in [0, 0.05) is 6.07 Å². The number of aromatic hydroxyl groups is 1. The van der Waals surface area contributed by atoms with Gasteiger partial charge in [-0.1, -0.05) is 12.1 Å². The second-order valence-electron chi connectivity index (χ2n) is 5.88. The number of aromatic nitrogens is 1. The minimum absolute atomic E-state index is 0.0520. The summed E-state index contributed by atoms with van der Waals surface area (Å²) < 4.78 is 5.98. The molecule has 0 atom stereocenters. The minimum Gasteiger partial charge on any atom is -0.494 e. The molecule has 1 N–H and O–H groups in total. The van der Waals surface area contributed by atoms with Crippen molar-refractivity contribution in [1.29, 1.82) is 5.26 Å². The molecule has 0 unspecified atom stereocenters. The van der Waals surface area contributed by atoms with Crippen LogP contribution < -0.4 is 5.56 Å². The van der Waals surface area contributed by atoms with E-state index >= 15 is 0 Å². The molecule has 0 fully saturated rings. The van der Waals surface area contributed by atoms with Crippen molar-refractivity contribution in [3.63, 3.8) is 0 Å². The summed E-state index contributed by atoms with van der Waals surface area (Å²) in [6, 6.07) is 10.1. The Labute approximate surface area is 157 Å². The molecule has 28 heavy (non-hydrogen) atoms. The highest BCUT2D eigenvalue weighted by Gasteiger charge is 2.29. The Kier molecular flexibility index (Phi) is 4.78. The number of nitrogens with zero attached hydrogens (tertiary/aromatic N) is 3. The van der Waals surface area contributed by atoms with Gasteiger partial charge in [0.15, 0.2) is 0 Å².